The quantitative estimate of drug-likeness (QED) is 0.770. The highest BCUT2D eigenvalue weighted by atomic mass is 16.7. The fraction of sp³-hybridized carbons (Fsp3) is 0.318. The lowest BCUT2D eigenvalue weighted by Crippen LogP contribution is -2.41. The van der Waals surface area contributed by atoms with Gasteiger partial charge >= 0.3 is 0 Å². The van der Waals surface area contributed by atoms with Gasteiger partial charge in [-0.25, -0.2) is 0 Å². The van der Waals surface area contributed by atoms with Gasteiger partial charge in [0, 0.05) is 19.7 Å². The van der Waals surface area contributed by atoms with Gasteiger partial charge in [-0.1, -0.05) is 12.1 Å². The van der Waals surface area contributed by atoms with E-state index < -0.39 is 6.04 Å². The molecule has 0 spiro atoms. The van der Waals surface area contributed by atoms with Crippen molar-refractivity contribution in [3.63, 3.8) is 0 Å². The number of nitrogens with zero attached hydrogens (tertiary/aromatic N) is 1. The predicted molar refractivity (Wildman–Crippen MR) is 110 cm³/mol. The predicted octanol–water partition coefficient (Wildman–Crippen LogP) is 1.38. The molecule has 3 aliphatic heterocycles. The van der Waals surface area contributed by atoms with E-state index in [0.717, 1.165) is 11.1 Å². The van der Waals surface area contributed by atoms with Gasteiger partial charge < -0.3 is 29.7 Å². The van der Waals surface area contributed by atoms with Crippen LogP contribution in [0, 0.1) is 0 Å². The summed E-state index contributed by atoms with van der Waals surface area (Å²) in [4.78, 5) is 39.5. The lowest BCUT2D eigenvalue weighted by Gasteiger charge is -2.20. The average Bonchev–Trinajstić information content (AvgIpc) is 3.38. The minimum absolute atomic E-state index is 0.0664. The van der Waals surface area contributed by atoms with Crippen molar-refractivity contribution in [2.75, 3.05) is 32.4 Å². The van der Waals surface area contributed by atoms with Gasteiger partial charge in [-0.2, -0.15) is 0 Å². The molecule has 3 heterocycles. The van der Waals surface area contributed by atoms with Crippen molar-refractivity contribution in [2.24, 2.45) is 0 Å². The van der Waals surface area contributed by atoms with Gasteiger partial charge in [-0.3, -0.25) is 14.4 Å². The number of carbonyl (C=O) groups excluding carboxylic acids is 3. The Morgan fingerprint density at radius 2 is 1.94 bits per heavy atom. The summed E-state index contributed by atoms with van der Waals surface area (Å²) < 4.78 is 15.6. The van der Waals surface area contributed by atoms with Gasteiger partial charge in [0.1, 0.15) is 12.6 Å². The largest absolute Gasteiger partial charge is 0.454 e. The van der Waals surface area contributed by atoms with Crippen LogP contribution >= 0.6 is 0 Å². The third-order valence-corrected chi connectivity index (χ3v) is 5.72. The van der Waals surface area contributed by atoms with Crippen LogP contribution in [-0.4, -0.2) is 61.8 Å². The Labute approximate surface area is 178 Å². The SMILES string of the molecule is COCC(=O)N[C@H]1C[C@H]2C(=O)Nc3ccc(-c4ccc5c(c4)OCO5)cc3C(=O)N2C1. The smallest absolute Gasteiger partial charge is 0.256 e. The summed E-state index contributed by atoms with van der Waals surface area (Å²) in [6.45, 7) is 0.384. The minimum Gasteiger partial charge on any atom is -0.454 e. The van der Waals surface area contributed by atoms with Gasteiger partial charge in [0.15, 0.2) is 11.5 Å². The maximum atomic E-state index is 13.3. The molecule has 9 nitrogen and oxygen atoms in total. The van der Waals surface area contributed by atoms with Crippen LogP contribution in [-0.2, 0) is 14.3 Å². The van der Waals surface area contributed by atoms with Crippen LogP contribution in [0.3, 0.4) is 0 Å². The zero-order valence-corrected chi connectivity index (χ0v) is 16.8. The number of carbonyl (C=O) groups is 3. The summed E-state index contributed by atoms with van der Waals surface area (Å²) in [7, 11) is 1.44. The number of fused-ring (bicyclic) bond motifs is 3. The van der Waals surface area contributed by atoms with E-state index in [2.05, 4.69) is 10.6 Å². The molecule has 160 valence electrons. The van der Waals surface area contributed by atoms with Crippen LogP contribution in [0.5, 0.6) is 11.5 Å². The summed E-state index contributed by atoms with van der Waals surface area (Å²) in [6.07, 6.45) is 0.357. The molecule has 5 rings (SSSR count). The molecule has 2 aromatic carbocycles. The van der Waals surface area contributed by atoms with Crippen molar-refractivity contribution in [1.82, 2.24) is 10.2 Å². The first-order valence-corrected chi connectivity index (χ1v) is 9.97. The fourth-order valence-electron chi connectivity index (χ4n) is 4.27. The Kier molecular flexibility index (Phi) is 4.74. The average molecular weight is 423 g/mol. The third kappa shape index (κ3) is 3.46. The molecule has 1 saturated heterocycles. The Morgan fingerprint density at radius 3 is 2.77 bits per heavy atom. The zero-order valence-electron chi connectivity index (χ0n) is 16.8. The molecule has 0 unspecified atom stereocenters. The van der Waals surface area contributed by atoms with Gasteiger partial charge in [0.05, 0.1) is 11.3 Å². The fourth-order valence-corrected chi connectivity index (χ4v) is 4.27. The van der Waals surface area contributed by atoms with Crippen LogP contribution in [0.1, 0.15) is 16.8 Å². The van der Waals surface area contributed by atoms with Crippen molar-refractivity contribution in [3.05, 3.63) is 42.0 Å². The Bertz CT molecular complexity index is 1080. The number of benzene rings is 2. The molecular formula is C22H21N3O6. The van der Waals surface area contributed by atoms with Crippen molar-refractivity contribution >= 4 is 23.4 Å². The van der Waals surface area contributed by atoms with Crippen LogP contribution < -0.4 is 20.1 Å². The molecule has 2 atom stereocenters. The highest BCUT2D eigenvalue weighted by molar-refractivity contribution is 6.11. The number of methoxy groups -OCH3 is 1. The molecule has 0 aromatic heterocycles. The van der Waals surface area contributed by atoms with Crippen molar-refractivity contribution in [3.8, 4) is 22.6 Å². The molecule has 3 amide bonds. The molecule has 2 aromatic rings. The summed E-state index contributed by atoms with van der Waals surface area (Å²) in [5.74, 6) is 0.559. The maximum absolute atomic E-state index is 13.3. The number of hydrogen-bond acceptors (Lipinski definition) is 6. The molecule has 2 N–H and O–H groups in total. The van der Waals surface area contributed by atoms with Crippen molar-refractivity contribution < 1.29 is 28.6 Å². The van der Waals surface area contributed by atoms with E-state index in [1.54, 1.807) is 12.1 Å². The number of nitrogens with one attached hydrogen (secondary N) is 2. The number of hydrogen-bond donors (Lipinski definition) is 2. The lowest BCUT2D eigenvalue weighted by atomic mass is 10.0. The molecule has 0 bridgehead atoms. The molecule has 1 fully saturated rings. The first-order valence-electron chi connectivity index (χ1n) is 9.97. The van der Waals surface area contributed by atoms with Crippen molar-refractivity contribution in [2.45, 2.75) is 18.5 Å². The second-order valence-corrected chi connectivity index (χ2v) is 7.72. The molecule has 3 aliphatic rings. The first-order chi connectivity index (χ1) is 15.0. The maximum Gasteiger partial charge on any atom is 0.256 e. The number of amides is 3. The van der Waals surface area contributed by atoms with E-state index >= 15 is 0 Å². The molecule has 31 heavy (non-hydrogen) atoms. The van der Waals surface area contributed by atoms with Crippen molar-refractivity contribution in [1.29, 1.82) is 0 Å². The molecule has 0 saturated carbocycles. The highest BCUT2D eigenvalue weighted by Gasteiger charge is 2.43. The summed E-state index contributed by atoms with van der Waals surface area (Å²) in [5.41, 5.74) is 2.59. The molecular weight excluding hydrogens is 402 g/mol. The number of anilines is 1. The Morgan fingerprint density at radius 1 is 1.16 bits per heavy atom. The van der Waals surface area contributed by atoms with Crippen LogP contribution in [0.2, 0.25) is 0 Å². The van der Waals surface area contributed by atoms with Crippen LogP contribution in [0.4, 0.5) is 5.69 Å². The topological polar surface area (TPSA) is 106 Å². The van der Waals surface area contributed by atoms with Gasteiger partial charge in [-0.05, 0) is 41.8 Å². The van der Waals surface area contributed by atoms with E-state index in [4.69, 9.17) is 14.2 Å². The Balaban J connectivity index is 1.43. The van der Waals surface area contributed by atoms with Gasteiger partial charge in [-0.15, -0.1) is 0 Å². The molecule has 0 aliphatic carbocycles. The monoisotopic (exact) mass is 423 g/mol. The number of rotatable bonds is 4. The lowest BCUT2D eigenvalue weighted by molar-refractivity contribution is -0.125. The second-order valence-electron chi connectivity index (χ2n) is 7.72. The van der Waals surface area contributed by atoms with E-state index in [0.29, 0.717) is 29.2 Å². The zero-order chi connectivity index (χ0) is 21.5. The van der Waals surface area contributed by atoms with E-state index in [-0.39, 0.29) is 43.7 Å². The first kappa shape index (κ1) is 19.4. The standard InChI is InChI=1S/C22H21N3O6/c1-29-10-20(26)23-14-8-17-21(27)24-16-4-2-12(6-15(16)22(28)25(17)9-14)13-3-5-18-19(7-13)31-11-30-18/h2-7,14,17H,8-11H2,1H3,(H,23,26)(H,24,27)/t14-,17-/m0/s1. The van der Waals surface area contributed by atoms with Crippen LogP contribution in [0.25, 0.3) is 11.1 Å². The Hall–Kier alpha value is -3.59. The molecule has 0 radical (unpaired) electrons. The summed E-state index contributed by atoms with van der Waals surface area (Å²) >= 11 is 0. The second kappa shape index (κ2) is 7.59. The van der Waals surface area contributed by atoms with Gasteiger partial charge in [0.2, 0.25) is 18.6 Å². The highest BCUT2D eigenvalue weighted by Crippen LogP contribution is 2.37. The van der Waals surface area contributed by atoms with Crippen LogP contribution in [0.15, 0.2) is 36.4 Å². The van der Waals surface area contributed by atoms with Gasteiger partial charge in [0.25, 0.3) is 5.91 Å². The molecule has 9 heteroatoms. The summed E-state index contributed by atoms with van der Waals surface area (Å²) in [5, 5.41) is 5.68. The normalized spacial score (nSPS) is 21.3. The third-order valence-electron chi connectivity index (χ3n) is 5.72. The number of ether oxygens (including phenoxy) is 3. The minimum atomic E-state index is -0.637. The van der Waals surface area contributed by atoms with E-state index in [1.165, 1.54) is 12.0 Å². The summed E-state index contributed by atoms with van der Waals surface area (Å²) in [6, 6.07) is 10.0. The van der Waals surface area contributed by atoms with E-state index in [1.807, 2.05) is 24.3 Å². The van der Waals surface area contributed by atoms with E-state index in [9.17, 15) is 14.4 Å².